The van der Waals surface area contributed by atoms with Crippen molar-refractivity contribution < 1.29 is 22.8 Å². The van der Waals surface area contributed by atoms with Gasteiger partial charge in [-0.2, -0.15) is 0 Å². The van der Waals surface area contributed by atoms with Gasteiger partial charge in [-0.15, -0.1) is 0 Å². The number of benzene rings is 2. The van der Waals surface area contributed by atoms with E-state index < -0.39 is 14.9 Å². The van der Waals surface area contributed by atoms with Crippen molar-refractivity contribution in [3.8, 4) is 11.5 Å². The van der Waals surface area contributed by atoms with Crippen LogP contribution in [-0.4, -0.2) is 27.2 Å². The predicted molar refractivity (Wildman–Crippen MR) is 93.9 cm³/mol. The topological polar surface area (TPSA) is 120 Å². The lowest BCUT2D eigenvalue weighted by Crippen LogP contribution is -2.19. The molecule has 10 heteroatoms. The second-order valence-corrected chi connectivity index (χ2v) is 7.51. The summed E-state index contributed by atoms with van der Waals surface area (Å²) < 4.78 is 36.5. The minimum absolute atomic E-state index is 0.160. The molecule has 1 atom stereocenters. The van der Waals surface area contributed by atoms with Crippen molar-refractivity contribution in [2.24, 2.45) is 0 Å². The number of anilines is 1. The number of nitro benzene ring substituents is 1. The third-order valence-corrected chi connectivity index (χ3v) is 5.43. The fraction of sp³-hybridized carbons (Fsp3) is 0.250. The lowest BCUT2D eigenvalue weighted by Gasteiger charge is -2.16. The molecule has 1 heterocycles. The van der Waals surface area contributed by atoms with Gasteiger partial charge < -0.3 is 14.8 Å². The highest BCUT2D eigenvalue weighted by molar-refractivity contribution is 7.89. The number of rotatable bonds is 6. The molecule has 3 rings (SSSR count). The van der Waals surface area contributed by atoms with Crippen LogP contribution in [0.15, 0.2) is 41.3 Å². The van der Waals surface area contributed by atoms with Crippen molar-refractivity contribution in [1.29, 1.82) is 0 Å². The summed E-state index contributed by atoms with van der Waals surface area (Å²) in [6.45, 7) is 1.99. The summed E-state index contributed by atoms with van der Waals surface area (Å²) in [4.78, 5) is 10.6. The minimum atomic E-state index is -3.77. The zero-order valence-electron chi connectivity index (χ0n) is 14.1. The third kappa shape index (κ3) is 3.41. The monoisotopic (exact) mass is 379 g/mol. The second-order valence-electron chi connectivity index (χ2n) is 5.62. The molecule has 0 aliphatic carbocycles. The summed E-state index contributed by atoms with van der Waals surface area (Å²) in [6, 6.07) is 8.84. The van der Waals surface area contributed by atoms with Gasteiger partial charge in [-0.05, 0) is 43.8 Å². The highest BCUT2D eigenvalue weighted by Crippen LogP contribution is 2.36. The molecule has 2 N–H and O–H groups in total. The number of ether oxygens (including phenoxy) is 2. The number of hydrogen-bond donors (Lipinski definition) is 2. The van der Waals surface area contributed by atoms with Gasteiger partial charge in [-0.3, -0.25) is 10.1 Å². The van der Waals surface area contributed by atoms with E-state index in [4.69, 9.17) is 9.47 Å². The molecule has 0 saturated heterocycles. The van der Waals surface area contributed by atoms with Gasteiger partial charge in [-0.25, -0.2) is 13.1 Å². The lowest BCUT2D eigenvalue weighted by molar-refractivity contribution is -0.384. The summed E-state index contributed by atoms with van der Waals surface area (Å²) in [5.74, 6) is 1.26. The van der Waals surface area contributed by atoms with Crippen molar-refractivity contribution in [2.45, 2.75) is 17.9 Å². The smallest absolute Gasteiger partial charge is 0.293 e. The molecule has 0 spiro atoms. The van der Waals surface area contributed by atoms with Crippen molar-refractivity contribution >= 4 is 21.4 Å². The Kier molecular flexibility index (Phi) is 4.70. The maximum absolute atomic E-state index is 11.9. The van der Waals surface area contributed by atoms with Crippen LogP contribution in [0.4, 0.5) is 11.4 Å². The van der Waals surface area contributed by atoms with Crippen LogP contribution in [0, 0.1) is 10.1 Å². The average molecular weight is 379 g/mol. The van der Waals surface area contributed by atoms with Crippen LogP contribution in [0.5, 0.6) is 11.5 Å². The van der Waals surface area contributed by atoms with Gasteiger partial charge in [-0.1, -0.05) is 6.07 Å². The molecule has 0 fully saturated rings. The van der Waals surface area contributed by atoms with E-state index in [2.05, 4.69) is 10.0 Å². The zero-order chi connectivity index (χ0) is 18.9. The Hall–Kier alpha value is -2.85. The highest BCUT2D eigenvalue weighted by Gasteiger charge is 2.22. The molecule has 0 aromatic heterocycles. The van der Waals surface area contributed by atoms with E-state index in [0.29, 0.717) is 11.5 Å². The predicted octanol–water partition coefficient (Wildman–Crippen LogP) is 2.40. The molecule has 0 unspecified atom stereocenters. The molecule has 0 saturated carbocycles. The molecule has 1 aliphatic heterocycles. The molecular formula is C16H17N3O6S. The molecule has 9 nitrogen and oxygen atoms in total. The standard InChI is InChI=1S/C16H17N3O6S/c1-10(11-3-6-15-16(7-11)25-9-24-15)18-13-5-4-12(26(22,23)17-2)8-14(13)19(20)21/h3-8,10,17-18H,9H2,1-2H3/t10-/m0/s1. The van der Waals surface area contributed by atoms with Gasteiger partial charge >= 0.3 is 0 Å². The van der Waals surface area contributed by atoms with Crippen LogP contribution in [-0.2, 0) is 10.0 Å². The molecule has 0 radical (unpaired) electrons. The van der Waals surface area contributed by atoms with E-state index in [0.717, 1.165) is 11.6 Å². The number of sulfonamides is 1. The molecule has 0 bridgehead atoms. The first-order chi connectivity index (χ1) is 12.3. The Bertz CT molecular complexity index is 960. The van der Waals surface area contributed by atoms with Gasteiger partial charge in [0.25, 0.3) is 5.69 Å². The van der Waals surface area contributed by atoms with E-state index in [1.165, 1.54) is 19.2 Å². The Morgan fingerprint density at radius 2 is 1.88 bits per heavy atom. The summed E-state index contributed by atoms with van der Waals surface area (Å²) >= 11 is 0. The largest absolute Gasteiger partial charge is 0.454 e. The summed E-state index contributed by atoms with van der Waals surface area (Å²) in [5.41, 5.74) is 0.736. The summed E-state index contributed by atoms with van der Waals surface area (Å²) in [5, 5.41) is 14.4. The zero-order valence-corrected chi connectivity index (χ0v) is 14.9. The van der Waals surface area contributed by atoms with Gasteiger partial charge in [0.1, 0.15) is 5.69 Å². The first-order valence-corrected chi connectivity index (χ1v) is 9.18. The molecule has 26 heavy (non-hydrogen) atoms. The number of hydrogen-bond acceptors (Lipinski definition) is 7. The molecule has 0 amide bonds. The van der Waals surface area contributed by atoms with Gasteiger partial charge in [0.05, 0.1) is 9.82 Å². The Morgan fingerprint density at radius 1 is 1.15 bits per heavy atom. The van der Waals surface area contributed by atoms with Crippen LogP contribution < -0.4 is 19.5 Å². The summed E-state index contributed by atoms with van der Waals surface area (Å²) in [7, 11) is -2.53. The maximum atomic E-state index is 11.9. The highest BCUT2D eigenvalue weighted by atomic mass is 32.2. The van der Waals surface area contributed by atoms with E-state index in [-0.39, 0.29) is 29.1 Å². The Labute approximate surface area is 150 Å². The quantitative estimate of drug-likeness (QED) is 0.584. The van der Waals surface area contributed by atoms with E-state index in [1.807, 2.05) is 13.0 Å². The molecule has 2 aromatic rings. The Morgan fingerprint density at radius 3 is 2.58 bits per heavy atom. The SMILES string of the molecule is CNS(=O)(=O)c1ccc(N[C@@H](C)c2ccc3c(c2)OCO3)c([N+](=O)[O-])c1. The fourth-order valence-corrected chi connectivity index (χ4v) is 3.32. The lowest BCUT2D eigenvalue weighted by atomic mass is 10.1. The van der Waals surface area contributed by atoms with Gasteiger partial charge in [0, 0.05) is 12.1 Å². The van der Waals surface area contributed by atoms with Gasteiger partial charge in [0.2, 0.25) is 16.8 Å². The van der Waals surface area contributed by atoms with Crippen LogP contribution in [0.3, 0.4) is 0 Å². The first-order valence-electron chi connectivity index (χ1n) is 7.70. The molecule has 138 valence electrons. The minimum Gasteiger partial charge on any atom is -0.454 e. The number of fused-ring (bicyclic) bond motifs is 1. The second kappa shape index (κ2) is 6.81. The number of nitrogens with zero attached hydrogens (tertiary/aromatic N) is 1. The van der Waals surface area contributed by atoms with Crippen molar-refractivity contribution in [2.75, 3.05) is 19.2 Å². The van der Waals surface area contributed by atoms with Crippen LogP contribution in [0.2, 0.25) is 0 Å². The third-order valence-electron chi connectivity index (χ3n) is 4.01. The normalized spacial score (nSPS) is 14.1. The van der Waals surface area contributed by atoms with Crippen LogP contribution >= 0.6 is 0 Å². The number of nitrogens with one attached hydrogen (secondary N) is 2. The first kappa shape index (κ1) is 18.0. The number of nitro groups is 1. The fourth-order valence-electron chi connectivity index (χ4n) is 2.57. The Balaban J connectivity index is 1.90. The maximum Gasteiger partial charge on any atom is 0.293 e. The van der Waals surface area contributed by atoms with Gasteiger partial charge in [0.15, 0.2) is 11.5 Å². The van der Waals surface area contributed by atoms with Crippen molar-refractivity contribution in [1.82, 2.24) is 4.72 Å². The van der Waals surface area contributed by atoms with Crippen LogP contribution in [0.1, 0.15) is 18.5 Å². The summed E-state index contributed by atoms with van der Waals surface area (Å²) in [6.07, 6.45) is 0. The average Bonchev–Trinajstić information content (AvgIpc) is 3.09. The molecule has 1 aliphatic rings. The van der Waals surface area contributed by atoms with E-state index >= 15 is 0 Å². The van der Waals surface area contributed by atoms with Crippen molar-refractivity contribution in [3.05, 3.63) is 52.1 Å². The van der Waals surface area contributed by atoms with Crippen molar-refractivity contribution in [3.63, 3.8) is 0 Å². The van der Waals surface area contributed by atoms with Crippen LogP contribution in [0.25, 0.3) is 0 Å². The molecule has 2 aromatic carbocycles. The van der Waals surface area contributed by atoms with E-state index in [9.17, 15) is 18.5 Å². The van der Waals surface area contributed by atoms with E-state index in [1.54, 1.807) is 12.1 Å². The molecular weight excluding hydrogens is 362 g/mol.